The summed E-state index contributed by atoms with van der Waals surface area (Å²) in [7, 11) is 0. The number of nitrogens with one attached hydrogen (secondary N) is 2. The van der Waals surface area contributed by atoms with Crippen molar-refractivity contribution in [3.8, 4) is 0 Å². The van der Waals surface area contributed by atoms with E-state index in [0.29, 0.717) is 13.0 Å². The highest BCUT2D eigenvalue weighted by molar-refractivity contribution is 5.85. The van der Waals surface area contributed by atoms with Gasteiger partial charge in [0.15, 0.2) is 0 Å². The van der Waals surface area contributed by atoms with Crippen molar-refractivity contribution in [2.45, 2.75) is 39.2 Å². The Morgan fingerprint density at radius 1 is 1.41 bits per heavy atom. The second-order valence-electron chi connectivity index (χ2n) is 4.92. The Balaban J connectivity index is 0.00000256. The highest BCUT2D eigenvalue weighted by Gasteiger charge is 2.20. The van der Waals surface area contributed by atoms with Crippen LogP contribution in [0.4, 0.5) is 0 Å². The molecule has 17 heavy (non-hydrogen) atoms. The predicted octanol–water partition coefficient (Wildman–Crippen LogP) is 0.931. The molecule has 1 heterocycles. The molecular weight excluding hydrogens is 240 g/mol. The molecule has 1 aliphatic heterocycles. The van der Waals surface area contributed by atoms with Gasteiger partial charge in [0.2, 0.25) is 5.91 Å². The first-order valence-corrected chi connectivity index (χ1v) is 6.27. The number of hydrogen-bond donors (Lipinski definition) is 3. The maximum atomic E-state index is 11.7. The van der Waals surface area contributed by atoms with Gasteiger partial charge in [0.25, 0.3) is 0 Å². The first kappa shape index (κ1) is 16.7. The molecule has 5 heteroatoms. The molecule has 102 valence electrons. The third-order valence-corrected chi connectivity index (χ3v) is 3.22. The number of hydrogen-bond acceptors (Lipinski definition) is 3. The highest BCUT2D eigenvalue weighted by Crippen LogP contribution is 2.11. The van der Waals surface area contributed by atoms with Gasteiger partial charge in [-0.2, -0.15) is 0 Å². The predicted molar refractivity (Wildman–Crippen MR) is 71.3 cm³/mol. The van der Waals surface area contributed by atoms with Crippen LogP contribution >= 0.6 is 12.4 Å². The molecule has 0 saturated carbocycles. The number of carbonyl (C=O) groups excluding carboxylic acids is 1. The molecule has 3 N–H and O–H groups in total. The molecule has 1 rings (SSSR count). The largest absolute Gasteiger partial charge is 0.393 e. The Kier molecular flexibility index (Phi) is 8.56. The molecule has 0 aromatic rings. The summed E-state index contributed by atoms with van der Waals surface area (Å²) in [6.45, 7) is 6.43. The lowest BCUT2D eigenvalue weighted by molar-refractivity contribution is -0.125. The minimum atomic E-state index is -0.312. The summed E-state index contributed by atoms with van der Waals surface area (Å²) in [5.41, 5.74) is 0. The van der Waals surface area contributed by atoms with Crippen LogP contribution in [0.25, 0.3) is 0 Å². The number of halogens is 1. The molecule has 1 fully saturated rings. The van der Waals surface area contributed by atoms with E-state index in [1.807, 2.05) is 13.8 Å². The summed E-state index contributed by atoms with van der Waals surface area (Å²) in [5.74, 6) is 0.575. The van der Waals surface area contributed by atoms with Crippen molar-refractivity contribution in [1.29, 1.82) is 0 Å². The van der Waals surface area contributed by atoms with Crippen molar-refractivity contribution in [1.82, 2.24) is 10.6 Å². The average Bonchev–Trinajstić information content (AvgIpc) is 2.29. The molecule has 1 unspecified atom stereocenters. The summed E-state index contributed by atoms with van der Waals surface area (Å²) in [5, 5.41) is 15.7. The maximum Gasteiger partial charge on any atom is 0.223 e. The van der Waals surface area contributed by atoms with Gasteiger partial charge in [-0.3, -0.25) is 4.79 Å². The first-order valence-electron chi connectivity index (χ1n) is 6.27. The second-order valence-corrected chi connectivity index (χ2v) is 4.92. The molecule has 0 aromatic carbocycles. The monoisotopic (exact) mass is 264 g/mol. The molecule has 0 radical (unpaired) electrons. The molecular formula is C12H25ClN2O2. The zero-order chi connectivity index (χ0) is 12.0. The van der Waals surface area contributed by atoms with Crippen molar-refractivity contribution in [3.63, 3.8) is 0 Å². The van der Waals surface area contributed by atoms with Crippen molar-refractivity contribution in [3.05, 3.63) is 0 Å². The van der Waals surface area contributed by atoms with Crippen LogP contribution in [0.15, 0.2) is 0 Å². The van der Waals surface area contributed by atoms with E-state index in [-0.39, 0.29) is 36.3 Å². The number of aliphatic hydroxyl groups excluding tert-OH is 1. The van der Waals surface area contributed by atoms with Crippen LogP contribution in [0.3, 0.4) is 0 Å². The lowest BCUT2D eigenvalue weighted by Crippen LogP contribution is -2.39. The quantitative estimate of drug-likeness (QED) is 0.692. The molecule has 0 aliphatic carbocycles. The van der Waals surface area contributed by atoms with E-state index in [0.717, 1.165) is 25.9 Å². The van der Waals surface area contributed by atoms with Crippen molar-refractivity contribution < 1.29 is 9.90 Å². The molecule has 1 aliphatic rings. The van der Waals surface area contributed by atoms with Crippen molar-refractivity contribution >= 4 is 18.3 Å². The van der Waals surface area contributed by atoms with E-state index in [4.69, 9.17) is 0 Å². The number of aliphatic hydroxyl groups is 1. The summed E-state index contributed by atoms with van der Waals surface area (Å²) < 4.78 is 0. The van der Waals surface area contributed by atoms with Crippen molar-refractivity contribution in [2.24, 2.45) is 11.8 Å². The Bertz CT molecular complexity index is 219. The summed E-state index contributed by atoms with van der Waals surface area (Å²) in [6.07, 6.45) is 2.19. The smallest absolute Gasteiger partial charge is 0.223 e. The standard InChI is InChI=1S/C12H24N2O2.ClH/c1-9(2)11(15)5-8-14-12(16)10-3-6-13-7-4-10;/h9-11,13,15H,3-8H2,1-2H3,(H,14,16);1H. The zero-order valence-electron chi connectivity index (χ0n) is 10.7. The normalized spacial score (nSPS) is 18.6. The fraction of sp³-hybridized carbons (Fsp3) is 0.917. The molecule has 0 bridgehead atoms. The van der Waals surface area contributed by atoms with E-state index in [9.17, 15) is 9.90 Å². The van der Waals surface area contributed by atoms with Crippen LogP contribution in [-0.2, 0) is 4.79 Å². The SMILES string of the molecule is CC(C)C(O)CCNC(=O)C1CCNCC1.Cl. The van der Waals surface area contributed by atoms with Gasteiger partial charge < -0.3 is 15.7 Å². The zero-order valence-corrected chi connectivity index (χ0v) is 11.6. The third-order valence-electron chi connectivity index (χ3n) is 3.22. The second kappa shape index (κ2) is 8.72. The fourth-order valence-electron chi connectivity index (χ4n) is 1.91. The van der Waals surface area contributed by atoms with Gasteiger partial charge >= 0.3 is 0 Å². The number of amides is 1. The Morgan fingerprint density at radius 3 is 2.53 bits per heavy atom. The van der Waals surface area contributed by atoms with E-state index in [1.54, 1.807) is 0 Å². The van der Waals surface area contributed by atoms with Crippen LogP contribution in [-0.4, -0.2) is 36.8 Å². The Labute approximate surface area is 110 Å². The topological polar surface area (TPSA) is 61.4 Å². The Morgan fingerprint density at radius 2 is 2.00 bits per heavy atom. The third kappa shape index (κ3) is 6.24. The molecule has 0 aromatic heterocycles. The Hall–Kier alpha value is -0.320. The number of piperidine rings is 1. The van der Waals surface area contributed by atoms with Crippen LogP contribution < -0.4 is 10.6 Å². The van der Waals surface area contributed by atoms with Crippen LogP contribution in [0.2, 0.25) is 0 Å². The van der Waals surface area contributed by atoms with E-state index in [1.165, 1.54) is 0 Å². The summed E-state index contributed by atoms with van der Waals surface area (Å²) in [6, 6.07) is 0. The van der Waals surface area contributed by atoms with Crippen molar-refractivity contribution in [2.75, 3.05) is 19.6 Å². The minimum absolute atomic E-state index is 0. The van der Waals surface area contributed by atoms with Gasteiger partial charge in [-0.05, 0) is 38.3 Å². The van der Waals surface area contributed by atoms with Gasteiger partial charge in [-0.15, -0.1) is 12.4 Å². The van der Waals surface area contributed by atoms with Crippen LogP contribution in [0.1, 0.15) is 33.1 Å². The molecule has 1 saturated heterocycles. The maximum absolute atomic E-state index is 11.7. The van der Waals surface area contributed by atoms with Gasteiger partial charge in [0.1, 0.15) is 0 Å². The van der Waals surface area contributed by atoms with E-state index < -0.39 is 0 Å². The summed E-state index contributed by atoms with van der Waals surface area (Å²) >= 11 is 0. The number of rotatable bonds is 5. The summed E-state index contributed by atoms with van der Waals surface area (Å²) in [4.78, 5) is 11.7. The lowest BCUT2D eigenvalue weighted by atomic mass is 9.97. The van der Waals surface area contributed by atoms with Gasteiger partial charge in [0, 0.05) is 12.5 Å². The highest BCUT2D eigenvalue weighted by atomic mass is 35.5. The fourth-order valence-corrected chi connectivity index (χ4v) is 1.91. The molecule has 1 amide bonds. The average molecular weight is 265 g/mol. The van der Waals surface area contributed by atoms with E-state index >= 15 is 0 Å². The van der Waals surface area contributed by atoms with E-state index in [2.05, 4.69) is 10.6 Å². The molecule has 4 nitrogen and oxygen atoms in total. The number of carbonyl (C=O) groups is 1. The van der Waals surface area contributed by atoms with Gasteiger partial charge in [-0.1, -0.05) is 13.8 Å². The van der Waals surface area contributed by atoms with Gasteiger partial charge in [-0.25, -0.2) is 0 Å². The lowest BCUT2D eigenvalue weighted by Gasteiger charge is -2.22. The van der Waals surface area contributed by atoms with Gasteiger partial charge in [0.05, 0.1) is 6.10 Å². The minimum Gasteiger partial charge on any atom is -0.393 e. The molecule has 1 atom stereocenters. The van der Waals surface area contributed by atoms with Crippen LogP contribution in [0, 0.1) is 11.8 Å². The van der Waals surface area contributed by atoms with Crippen LogP contribution in [0.5, 0.6) is 0 Å². The first-order chi connectivity index (χ1) is 7.61. The molecule has 0 spiro atoms.